The Balaban J connectivity index is 2.07. The van der Waals surface area contributed by atoms with Crippen molar-refractivity contribution in [2.45, 2.75) is 6.92 Å². The summed E-state index contributed by atoms with van der Waals surface area (Å²) in [6.07, 6.45) is 0. The van der Waals surface area contributed by atoms with E-state index in [-0.39, 0.29) is 11.6 Å². The number of hydrogen-bond donors (Lipinski definition) is 1. The van der Waals surface area contributed by atoms with Crippen LogP contribution in [-0.2, 0) is 9.59 Å². The number of thioether (sulfide) groups is 1. The molecule has 1 heterocycles. The third-order valence-electron chi connectivity index (χ3n) is 3.88. The standard InChI is InChI=1S/C19H15Cl2NO3S/c1-11-2-4-12(5-3-11)16-17(26-9-8-23)19(25)22(18(16)24)13-6-7-14(20)15(21)10-13/h2-7,10,23H,8-9H2,1H3. The molecule has 2 aromatic rings. The van der Waals surface area contributed by atoms with E-state index >= 15 is 0 Å². The predicted octanol–water partition coefficient (Wildman–Crippen LogP) is 4.31. The Labute approximate surface area is 165 Å². The highest BCUT2D eigenvalue weighted by molar-refractivity contribution is 8.04. The van der Waals surface area contributed by atoms with Crippen molar-refractivity contribution in [3.8, 4) is 0 Å². The highest BCUT2D eigenvalue weighted by Crippen LogP contribution is 2.39. The van der Waals surface area contributed by atoms with Gasteiger partial charge in [-0.05, 0) is 30.7 Å². The van der Waals surface area contributed by atoms with Gasteiger partial charge in [-0.25, -0.2) is 4.90 Å². The van der Waals surface area contributed by atoms with Crippen molar-refractivity contribution in [2.75, 3.05) is 17.3 Å². The minimum Gasteiger partial charge on any atom is -0.396 e. The summed E-state index contributed by atoms with van der Waals surface area (Å²) in [6.45, 7) is 1.85. The number of carbonyl (C=O) groups excluding carboxylic acids is 2. The van der Waals surface area contributed by atoms with Crippen LogP contribution < -0.4 is 4.90 Å². The molecule has 7 heteroatoms. The lowest BCUT2D eigenvalue weighted by molar-refractivity contribution is -0.119. The number of aliphatic hydroxyl groups excluding tert-OH is 1. The summed E-state index contributed by atoms with van der Waals surface area (Å²) < 4.78 is 0. The van der Waals surface area contributed by atoms with Crippen LogP contribution in [-0.4, -0.2) is 29.3 Å². The van der Waals surface area contributed by atoms with E-state index in [0.29, 0.717) is 32.5 Å². The number of benzene rings is 2. The SMILES string of the molecule is Cc1ccc(C2=C(SCCO)C(=O)N(c3ccc(Cl)c(Cl)c3)C2=O)cc1. The van der Waals surface area contributed by atoms with E-state index in [0.717, 1.165) is 10.5 Å². The normalized spacial score (nSPS) is 14.5. The number of aryl methyl sites for hydroxylation is 1. The molecule has 0 saturated carbocycles. The number of anilines is 1. The zero-order valence-electron chi connectivity index (χ0n) is 13.8. The van der Waals surface area contributed by atoms with Gasteiger partial charge in [0, 0.05) is 5.75 Å². The molecule has 134 valence electrons. The molecular weight excluding hydrogens is 393 g/mol. The van der Waals surface area contributed by atoms with Crippen molar-refractivity contribution in [2.24, 2.45) is 0 Å². The van der Waals surface area contributed by atoms with Crippen LogP contribution in [0.2, 0.25) is 10.0 Å². The molecule has 26 heavy (non-hydrogen) atoms. The van der Waals surface area contributed by atoms with Crippen molar-refractivity contribution in [3.05, 3.63) is 68.5 Å². The zero-order chi connectivity index (χ0) is 18.8. The molecule has 0 fully saturated rings. The van der Waals surface area contributed by atoms with E-state index < -0.39 is 11.8 Å². The van der Waals surface area contributed by atoms with Gasteiger partial charge in [0.1, 0.15) is 0 Å². The molecule has 3 rings (SSSR count). The van der Waals surface area contributed by atoms with Crippen LogP contribution >= 0.6 is 35.0 Å². The maximum atomic E-state index is 13.1. The van der Waals surface area contributed by atoms with Crippen molar-refractivity contribution >= 4 is 58.0 Å². The van der Waals surface area contributed by atoms with Crippen molar-refractivity contribution in [1.82, 2.24) is 0 Å². The van der Waals surface area contributed by atoms with Crippen LogP contribution in [0.5, 0.6) is 0 Å². The molecule has 0 radical (unpaired) electrons. The third-order valence-corrected chi connectivity index (χ3v) is 5.67. The van der Waals surface area contributed by atoms with Crippen LogP contribution in [0.4, 0.5) is 5.69 Å². The van der Waals surface area contributed by atoms with E-state index in [1.165, 1.54) is 17.8 Å². The number of aliphatic hydroxyl groups is 1. The van der Waals surface area contributed by atoms with Crippen LogP contribution in [0, 0.1) is 6.92 Å². The third kappa shape index (κ3) is 3.53. The van der Waals surface area contributed by atoms with Gasteiger partial charge in [0.25, 0.3) is 11.8 Å². The van der Waals surface area contributed by atoms with Gasteiger partial charge in [-0.2, -0.15) is 0 Å². The van der Waals surface area contributed by atoms with Gasteiger partial charge in [-0.15, -0.1) is 11.8 Å². The quantitative estimate of drug-likeness (QED) is 0.750. The first-order valence-corrected chi connectivity index (χ1v) is 9.57. The average molecular weight is 408 g/mol. The number of hydrogen-bond acceptors (Lipinski definition) is 4. The van der Waals surface area contributed by atoms with Gasteiger partial charge in [0.15, 0.2) is 0 Å². The van der Waals surface area contributed by atoms with Gasteiger partial charge >= 0.3 is 0 Å². The minimum atomic E-state index is -0.428. The summed E-state index contributed by atoms with van der Waals surface area (Å²) in [5, 5.41) is 9.74. The number of imide groups is 1. The number of nitrogens with zero attached hydrogens (tertiary/aromatic N) is 1. The van der Waals surface area contributed by atoms with Crippen molar-refractivity contribution in [3.63, 3.8) is 0 Å². The fourth-order valence-corrected chi connectivity index (χ4v) is 3.78. The summed E-state index contributed by atoms with van der Waals surface area (Å²) in [6, 6.07) is 12.0. The predicted molar refractivity (Wildman–Crippen MR) is 107 cm³/mol. The molecule has 0 spiro atoms. The number of amides is 2. The van der Waals surface area contributed by atoms with Crippen LogP contribution in [0.1, 0.15) is 11.1 Å². The molecule has 0 atom stereocenters. The highest BCUT2D eigenvalue weighted by Gasteiger charge is 2.40. The molecule has 0 bridgehead atoms. The molecule has 2 aromatic carbocycles. The monoisotopic (exact) mass is 407 g/mol. The molecule has 2 amide bonds. The van der Waals surface area contributed by atoms with E-state index in [2.05, 4.69) is 0 Å². The average Bonchev–Trinajstić information content (AvgIpc) is 2.86. The molecule has 1 N–H and O–H groups in total. The first kappa shape index (κ1) is 19.0. The molecule has 0 saturated heterocycles. The highest BCUT2D eigenvalue weighted by atomic mass is 35.5. The Kier molecular flexibility index (Phi) is 5.73. The Bertz CT molecular complexity index is 910. The summed E-state index contributed by atoms with van der Waals surface area (Å²) >= 11 is 13.1. The lowest BCUT2D eigenvalue weighted by Crippen LogP contribution is -2.31. The second kappa shape index (κ2) is 7.84. The van der Waals surface area contributed by atoms with E-state index in [4.69, 9.17) is 28.3 Å². The smallest absolute Gasteiger partial charge is 0.272 e. The number of halogens is 2. The topological polar surface area (TPSA) is 57.6 Å². The molecule has 0 unspecified atom stereocenters. The van der Waals surface area contributed by atoms with Gasteiger partial charge in [-0.3, -0.25) is 9.59 Å². The summed E-state index contributed by atoms with van der Waals surface area (Å²) in [4.78, 5) is 27.4. The fraction of sp³-hybridized carbons (Fsp3) is 0.158. The van der Waals surface area contributed by atoms with Gasteiger partial charge in [0.05, 0.1) is 32.8 Å². The van der Waals surface area contributed by atoms with Crippen molar-refractivity contribution < 1.29 is 14.7 Å². The van der Waals surface area contributed by atoms with Crippen LogP contribution in [0.25, 0.3) is 5.57 Å². The summed E-state index contributed by atoms with van der Waals surface area (Å²) in [7, 11) is 0. The maximum Gasteiger partial charge on any atom is 0.272 e. The zero-order valence-corrected chi connectivity index (χ0v) is 16.2. The first-order chi connectivity index (χ1) is 12.4. The minimum absolute atomic E-state index is 0.0937. The Hall–Kier alpha value is -1.79. The second-order valence-corrected chi connectivity index (χ2v) is 7.61. The number of rotatable bonds is 5. The van der Waals surface area contributed by atoms with Gasteiger partial charge in [0.2, 0.25) is 0 Å². The van der Waals surface area contributed by atoms with E-state index in [9.17, 15) is 9.59 Å². The summed E-state index contributed by atoms with van der Waals surface area (Å²) in [5.74, 6) is -0.529. The van der Waals surface area contributed by atoms with Crippen LogP contribution in [0.15, 0.2) is 47.4 Å². The Morgan fingerprint density at radius 3 is 2.31 bits per heavy atom. The lowest BCUT2D eigenvalue weighted by atomic mass is 10.0. The Morgan fingerprint density at radius 2 is 1.69 bits per heavy atom. The van der Waals surface area contributed by atoms with E-state index in [1.807, 2.05) is 31.2 Å². The molecular formula is C19H15Cl2NO3S. The molecule has 0 aromatic heterocycles. The Morgan fingerprint density at radius 1 is 1.00 bits per heavy atom. The fourth-order valence-electron chi connectivity index (χ4n) is 2.62. The maximum absolute atomic E-state index is 13.1. The number of carbonyl (C=O) groups is 2. The molecule has 0 aliphatic carbocycles. The molecule has 1 aliphatic heterocycles. The van der Waals surface area contributed by atoms with Gasteiger partial charge < -0.3 is 5.11 Å². The van der Waals surface area contributed by atoms with Gasteiger partial charge in [-0.1, -0.05) is 53.0 Å². The lowest BCUT2D eigenvalue weighted by Gasteiger charge is -2.16. The second-order valence-electron chi connectivity index (χ2n) is 5.69. The van der Waals surface area contributed by atoms with Crippen molar-refractivity contribution in [1.29, 1.82) is 0 Å². The molecule has 4 nitrogen and oxygen atoms in total. The van der Waals surface area contributed by atoms with Crippen LogP contribution in [0.3, 0.4) is 0 Å². The van der Waals surface area contributed by atoms with E-state index in [1.54, 1.807) is 12.1 Å². The first-order valence-electron chi connectivity index (χ1n) is 7.83. The molecule has 1 aliphatic rings. The summed E-state index contributed by atoms with van der Waals surface area (Å²) in [5.41, 5.74) is 2.41. The largest absolute Gasteiger partial charge is 0.396 e.